The molecule has 1 aromatic heterocycles. The second kappa shape index (κ2) is 7.94. The predicted molar refractivity (Wildman–Crippen MR) is 108 cm³/mol. The zero-order valence-corrected chi connectivity index (χ0v) is 17.7. The van der Waals surface area contributed by atoms with Gasteiger partial charge in [0.1, 0.15) is 28.8 Å². The molecular formula is C22H25F2N3O4. The fraction of sp³-hybridized carbons (Fsp3) is 0.500. The number of carbonyl (C=O) groups is 2. The second-order valence-electron chi connectivity index (χ2n) is 8.20. The molecule has 1 saturated heterocycles. The number of ketones is 1. The van der Waals surface area contributed by atoms with E-state index in [0.717, 1.165) is 0 Å². The van der Waals surface area contributed by atoms with E-state index >= 15 is 0 Å². The minimum Gasteiger partial charge on any atom is -0.497 e. The van der Waals surface area contributed by atoms with Crippen molar-refractivity contribution < 1.29 is 27.8 Å². The Morgan fingerprint density at radius 3 is 2.58 bits per heavy atom. The minimum absolute atomic E-state index is 0.0174. The van der Waals surface area contributed by atoms with Crippen LogP contribution in [0.4, 0.5) is 8.78 Å². The Bertz CT molecular complexity index is 1010. The lowest BCUT2D eigenvalue weighted by atomic mass is 9.82. The fourth-order valence-corrected chi connectivity index (χ4v) is 4.39. The van der Waals surface area contributed by atoms with Crippen molar-refractivity contribution in [1.82, 2.24) is 14.7 Å². The number of aryl methyl sites for hydroxylation is 1. The molecular weight excluding hydrogens is 408 g/mol. The first kappa shape index (κ1) is 21.3. The number of nitrogens with zero attached hydrogens (tertiary/aromatic N) is 3. The van der Waals surface area contributed by atoms with Gasteiger partial charge in [-0.05, 0) is 32.0 Å². The molecule has 0 saturated carbocycles. The van der Waals surface area contributed by atoms with Crippen LogP contribution in [-0.4, -0.2) is 52.2 Å². The molecule has 1 fully saturated rings. The van der Waals surface area contributed by atoms with Crippen molar-refractivity contribution >= 4 is 11.7 Å². The third-order valence-corrected chi connectivity index (χ3v) is 6.17. The van der Waals surface area contributed by atoms with Crippen LogP contribution in [0, 0.1) is 6.92 Å². The Hall–Kier alpha value is -2.97. The first-order valence-corrected chi connectivity index (χ1v) is 10.3. The van der Waals surface area contributed by atoms with Gasteiger partial charge in [0.25, 0.3) is 6.43 Å². The largest absolute Gasteiger partial charge is 0.497 e. The van der Waals surface area contributed by atoms with E-state index in [2.05, 4.69) is 5.10 Å². The van der Waals surface area contributed by atoms with Crippen LogP contribution in [0.15, 0.2) is 24.3 Å². The summed E-state index contributed by atoms with van der Waals surface area (Å²) in [4.78, 5) is 27.4. The van der Waals surface area contributed by atoms with E-state index in [4.69, 9.17) is 9.47 Å². The number of rotatable bonds is 4. The molecule has 2 aliphatic heterocycles. The summed E-state index contributed by atoms with van der Waals surface area (Å²) < 4.78 is 38.7. The highest BCUT2D eigenvalue weighted by Crippen LogP contribution is 2.41. The second-order valence-corrected chi connectivity index (χ2v) is 8.20. The maximum absolute atomic E-state index is 13.0. The molecule has 31 heavy (non-hydrogen) atoms. The quantitative estimate of drug-likeness (QED) is 0.735. The Labute approximate surface area is 178 Å². The van der Waals surface area contributed by atoms with Crippen molar-refractivity contribution in [1.29, 1.82) is 0 Å². The van der Waals surface area contributed by atoms with Crippen LogP contribution < -0.4 is 9.47 Å². The van der Waals surface area contributed by atoms with E-state index in [-0.39, 0.29) is 23.8 Å². The summed E-state index contributed by atoms with van der Waals surface area (Å²) in [5, 5.41) is 3.90. The predicted octanol–water partition coefficient (Wildman–Crippen LogP) is 3.73. The van der Waals surface area contributed by atoms with E-state index in [1.165, 1.54) is 10.7 Å². The number of methoxy groups -OCH3 is 1. The van der Waals surface area contributed by atoms with Crippen molar-refractivity contribution in [3.63, 3.8) is 0 Å². The average Bonchev–Trinajstić information content (AvgIpc) is 3.14. The van der Waals surface area contributed by atoms with E-state index in [9.17, 15) is 18.4 Å². The molecule has 2 aromatic rings. The van der Waals surface area contributed by atoms with Crippen molar-refractivity contribution in [2.75, 3.05) is 20.2 Å². The fourth-order valence-electron chi connectivity index (χ4n) is 4.39. The highest BCUT2D eigenvalue weighted by atomic mass is 19.3. The lowest BCUT2D eigenvalue weighted by Crippen LogP contribution is -2.53. The zero-order chi connectivity index (χ0) is 22.3. The molecule has 7 nitrogen and oxygen atoms in total. The van der Waals surface area contributed by atoms with Crippen LogP contribution >= 0.6 is 0 Å². The van der Waals surface area contributed by atoms with Gasteiger partial charge in [-0.25, -0.2) is 8.78 Å². The number of alkyl halides is 2. The number of carbonyl (C=O) groups excluding carboxylic acids is 2. The van der Waals surface area contributed by atoms with Crippen LogP contribution in [0.2, 0.25) is 0 Å². The SMILES string of the molecule is COc1ccc2c(c1)OC1(CCN(C(=O)[C@H](C)n3nc(C(F)F)cc3C)CC1)CC2=O. The number of fused-ring (bicyclic) bond motifs is 1. The third-order valence-electron chi connectivity index (χ3n) is 6.17. The van der Waals surface area contributed by atoms with Gasteiger partial charge in [-0.15, -0.1) is 0 Å². The maximum Gasteiger partial charge on any atom is 0.282 e. The molecule has 1 atom stereocenters. The molecule has 166 valence electrons. The number of hydrogen-bond donors (Lipinski definition) is 0. The van der Waals surface area contributed by atoms with E-state index in [0.29, 0.717) is 48.7 Å². The van der Waals surface area contributed by atoms with Crippen LogP contribution in [-0.2, 0) is 4.79 Å². The van der Waals surface area contributed by atoms with E-state index in [1.54, 1.807) is 44.1 Å². The molecule has 0 radical (unpaired) electrons. The Balaban J connectivity index is 1.46. The molecule has 3 heterocycles. The normalized spacial score (nSPS) is 18.6. The number of ether oxygens (including phenoxy) is 2. The molecule has 0 unspecified atom stereocenters. The molecule has 4 rings (SSSR count). The standard InChI is InChI=1S/C22H25F2N3O4/c1-13-10-17(20(23)24)25-27(13)14(2)21(29)26-8-6-22(7-9-26)12-18(28)16-5-4-15(30-3)11-19(16)31-22/h4-5,10-11,14,20H,6-9,12H2,1-3H3/t14-/m0/s1. The number of hydrogen-bond acceptors (Lipinski definition) is 5. The summed E-state index contributed by atoms with van der Waals surface area (Å²) in [5.41, 5.74) is 0.0675. The highest BCUT2D eigenvalue weighted by molar-refractivity contribution is 6.00. The van der Waals surface area contributed by atoms with Crippen molar-refractivity contribution in [2.45, 2.75) is 51.2 Å². The molecule has 0 N–H and O–H groups in total. The molecule has 1 aromatic carbocycles. The van der Waals surface area contributed by atoms with E-state index < -0.39 is 18.1 Å². The Morgan fingerprint density at radius 2 is 1.97 bits per heavy atom. The number of likely N-dealkylation sites (tertiary alicyclic amines) is 1. The smallest absolute Gasteiger partial charge is 0.282 e. The summed E-state index contributed by atoms with van der Waals surface area (Å²) in [7, 11) is 1.55. The monoisotopic (exact) mass is 433 g/mol. The zero-order valence-electron chi connectivity index (χ0n) is 17.7. The van der Waals surface area contributed by atoms with Gasteiger partial charge in [-0.2, -0.15) is 5.10 Å². The Morgan fingerprint density at radius 1 is 1.26 bits per heavy atom. The van der Waals surface area contributed by atoms with Gasteiger partial charge in [0.15, 0.2) is 5.78 Å². The summed E-state index contributed by atoms with van der Waals surface area (Å²) in [6.07, 6.45) is -1.40. The van der Waals surface area contributed by atoms with Gasteiger partial charge < -0.3 is 14.4 Å². The van der Waals surface area contributed by atoms with Crippen LogP contribution in [0.3, 0.4) is 0 Å². The van der Waals surface area contributed by atoms with Gasteiger partial charge in [0.05, 0.1) is 19.1 Å². The number of benzene rings is 1. The summed E-state index contributed by atoms with van der Waals surface area (Å²) in [6.45, 7) is 4.14. The summed E-state index contributed by atoms with van der Waals surface area (Å²) in [6, 6.07) is 5.77. The molecule has 0 bridgehead atoms. The number of amides is 1. The van der Waals surface area contributed by atoms with Gasteiger partial charge in [-0.1, -0.05) is 0 Å². The van der Waals surface area contributed by atoms with Crippen molar-refractivity contribution in [2.24, 2.45) is 0 Å². The van der Waals surface area contributed by atoms with Gasteiger partial charge >= 0.3 is 0 Å². The van der Waals surface area contributed by atoms with Gasteiger partial charge in [0, 0.05) is 37.7 Å². The van der Waals surface area contributed by atoms with Crippen LogP contribution in [0.5, 0.6) is 11.5 Å². The van der Waals surface area contributed by atoms with Gasteiger partial charge in [0.2, 0.25) is 5.91 Å². The van der Waals surface area contributed by atoms with Gasteiger partial charge in [-0.3, -0.25) is 14.3 Å². The molecule has 2 aliphatic rings. The minimum atomic E-state index is -2.68. The number of aromatic nitrogens is 2. The molecule has 1 spiro atoms. The molecule has 0 aliphatic carbocycles. The average molecular weight is 433 g/mol. The molecule has 9 heteroatoms. The van der Waals surface area contributed by atoms with Crippen molar-refractivity contribution in [3.05, 3.63) is 41.2 Å². The lowest BCUT2D eigenvalue weighted by Gasteiger charge is -2.44. The summed E-state index contributed by atoms with van der Waals surface area (Å²) in [5.74, 6) is 0.952. The number of piperidine rings is 1. The van der Waals surface area contributed by atoms with Crippen LogP contribution in [0.25, 0.3) is 0 Å². The van der Waals surface area contributed by atoms with Crippen LogP contribution in [0.1, 0.15) is 60.4 Å². The number of halogens is 2. The highest BCUT2D eigenvalue weighted by Gasteiger charge is 2.44. The topological polar surface area (TPSA) is 73.7 Å². The molecule has 1 amide bonds. The maximum atomic E-state index is 13.0. The first-order valence-electron chi connectivity index (χ1n) is 10.3. The third kappa shape index (κ3) is 3.88. The number of Topliss-reactive ketones (excluding diaryl/α,β-unsaturated/α-hetero) is 1. The van der Waals surface area contributed by atoms with E-state index in [1.807, 2.05) is 0 Å². The summed E-state index contributed by atoms with van der Waals surface area (Å²) >= 11 is 0. The first-order chi connectivity index (χ1) is 14.7. The Kier molecular flexibility index (Phi) is 5.45. The lowest BCUT2D eigenvalue weighted by molar-refractivity contribution is -0.138. The van der Waals surface area contributed by atoms with Crippen molar-refractivity contribution in [3.8, 4) is 11.5 Å².